The third-order valence-corrected chi connectivity index (χ3v) is 4.25. The van der Waals surface area contributed by atoms with E-state index in [4.69, 9.17) is 0 Å². The zero-order valence-corrected chi connectivity index (χ0v) is 14.0. The molecule has 1 aromatic carbocycles. The van der Waals surface area contributed by atoms with Gasteiger partial charge in [0.15, 0.2) is 0 Å². The van der Waals surface area contributed by atoms with Gasteiger partial charge in [-0.05, 0) is 24.3 Å². The smallest absolute Gasteiger partial charge is 0.322 e. The fourth-order valence-corrected chi connectivity index (χ4v) is 2.86. The minimum Gasteiger partial charge on any atom is -0.322 e. The molecule has 5 nitrogen and oxygen atoms in total. The Bertz CT molecular complexity index is 744. The SMILES string of the molecule is O=C(Nc1ccccc1C(F)(F)F)N1CCN(Cc2ccccn2)CC1. The monoisotopic (exact) mass is 364 g/mol. The summed E-state index contributed by atoms with van der Waals surface area (Å²) in [5.74, 6) is 0. The highest BCUT2D eigenvalue weighted by Crippen LogP contribution is 2.34. The molecule has 0 spiro atoms. The lowest BCUT2D eigenvalue weighted by Gasteiger charge is -2.34. The molecule has 2 aromatic rings. The van der Waals surface area contributed by atoms with Gasteiger partial charge in [0.1, 0.15) is 0 Å². The summed E-state index contributed by atoms with van der Waals surface area (Å²) in [6.45, 7) is 2.88. The van der Waals surface area contributed by atoms with Gasteiger partial charge in [0.25, 0.3) is 0 Å². The predicted octanol–water partition coefficient (Wildman–Crippen LogP) is 3.45. The number of pyridine rings is 1. The van der Waals surface area contributed by atoms with Gasteiger partial charge in [-0.3, -0.25) is 9.88 Å². The Morgan fingerprint density at radius 2 is 1.73 bits per heavy atom. The quantitative estimate of drug-likeness (QED) is 0.908. The summed E-state index contributed by atoms with van der Waals surface area (Å²) in [6, 6.07) is 10.2. The van der Waals surface area contributed by atoms with Gasteiger partial charge in [0.2, 0.25) is 0 Å². The average molecular weight is 364 g/mol. The van der Waals surface area contributed by atoms with E-state index in [1.165, 1.54) is 23.1 Å². The lowest BCUT2D eigenvalue weighted by Crippen LogP contribution is -2.49. The first-order valence-electron chi connectivity index (χ1n) is 8.28. The lowest BCUT2D eigenvalue weighted by molar-refractivity contribution is -0.136. The fraction of sp³-hybridized carbons (Fsp3) is 0.333. The van der Waals surface area contributed by atoms with Gasteiger partial charge >= 0.3 is 12.2 Å². The molecule has 0 unspecified atom stereocenters. The third kappa shape index (κ3) is 4.51. The molecule has 1 aliphatic rings. The summed E-state index contributed by atoms with van der Waals surface area (Å²) < 4.78 is 39.1. The van der Waals surface area contributed by atoms with Gasteiger partial charge in [-0.15, -0.1) is 0 Å². The number of hydrogen-bond donors (Lipinski definition) is 1. The molecule has 0 atom stereocenters. The first kappa shape index (κ1) is 18.2. The molecule has 138 valence electrons. The molecule has 3 rings (SSSR count). The van der Waals surface area contributed by atoms with Gasteiger partial charge in [0.05, 0.1) is 16.9 Å². The molecule has 1 N–H and O–H groups in total. The van der Waals surface area contributed by atoms with Gasteiger partial charge < -0.3 is 10.2 Å². The summed E-state index contributed by atoms with van der Waals surface area (Å²) in [6.07, 6.45) is -2.78. The molecule has 1 aromatic heterocycles. The Labute approximate surface area is 149 Å². The van der Waals surface area contributed by atoms with E-state index in [0.717, 1.165) is 11.8 Å². The standard InChI is InChI=1S/C18H19F3N4O/c19-18(20,21)15-6-1-2-7-16(15)23-17(26)25-11-9-24(10-12-25)13-14-5-3-4-8-22-14/h1-8H,9-13H2,(H,23,26). The lowest BCUT2D eigenvalue weighted by atomic mass is 10.1. The Hall–Kier alpha value is -2.61. The summed E-state index contributed by atoms with van der Waals surface area (Å²) in [5.41, 5.74) is -0.118. The molecule has 0 aliphatic carbocycles. The van der Waals surface area contributed by atoms with Crippen LogP contribution >= 0.6 is 0 Å². The zero-order valence-electron chi connectivity index (χ0n) is 14.0. The van der Waals surface area contributed by atoms with Crippen molar-refractivity contribution in [2.24, 2.45) is 0 Å². The predicted molar refractivity (Wildman–Crippen MR) is 91.5 cm³/mol. The molecule has 2 heterocycles. The number of halogens is 3. The molecule has 1 saturated heterocycles. The number of nitrogens with zero attached hydrogens (tertiary/aromatic N) is 3. The van der Waals surface area contributed by atoms with Crippen molar-refractivity contribution in [3.63, 3.8) is 0 Å². The van der Waals surface area contributed by atoms with E-state index in [1.54, 1.807) is 6.20 Å². The number of para-hydroxylation sites is 1. The Morgan fingerprint density at radius 1 is 1.04 bits per heavy atom. The van der Waals surface area contributed by atoms with Gasteiger partial charge in [-0.2, -0.15) is 13.2 Å². The number of carbonyl (C=O) groups is 1. The van der Waals surface area contributed by atoms with Crippen molar-refractivity contribution in [3.05, 3.63) is 59.9 Å². The average Bonchev–Trinajstić information content (AvgIpc) is 2.63. The normalized spacial score (nSPS) is 15.7. The van der Waals surface area contributed by atoms with Gasteiger partial charge in [-0.1, -0.05) is 18.2 Å². The molecule has 0 saturated carbocycles. The Morgan fingerprint density at radius 3 is 2.38 bits per heavy atom. The second-order valence-corrected chi connectivity index (χ2v) is 6.06. The van der Waals surface area contributed by atoms with Crippen LogP contribution in [0.5, 0.6) is 0 Å². The maximum Gasteiger partial charge on any atom is 0.418 e. The van der Waals surface area contributed by atoms with Crippen molar-refractivity contribution in [1.82, 2.24) is 14.8 Å². The minimum atomic E-state index is -4.51. The summed E-state index contributed by atoms with van der Waals surface area (Å²) in [7, 11) is 0. The number of rotatable bonds is 3. The number of carbonyl (C=O) groups excluding carboxylic acids is 1. The van der Waals surface area contributed by atoms with Crippen molar-refractivity contribution in [2.45, 2.75) is 12.7 Å². The molecule has 8 heteroatoms. The third-order valence-electron chi connectivity index (χ3n) is 4.25. The number of hydrogen-bond acceptors (Lipinski definition) is 3. The van der Waals surface area contributed by atoms with E-state index in [9.17, 15) is 18.0 Å². The van der Waals surface area contributed by atoms with Crippen molar-refractivity contribution in [1.29, 1.82) is 0 Å². The van der Waals surface area contributed by atoms with Crippen LogP contribution in [0.4, 0.5) is 23.7 Å². The number of benzene rings is 1. The Balaban J connectivity index is 1.56. The van der Waals surface area contributed by atoms with Crippen molar-refractivity contribution >= 4 is 11.7 Å². The summed E-state index contributed by atoms with van der Waals surface area (Å²) in [5, 5.41) is 2.39. The highest BCUT2D eigenvalue weighted by atomic mass is 19.4. The van der Waals surface area contributed by atoms with E-state index in [2.05, 4.69) is 15.2 Å². The molecule has 26 heavy (non-hydrogen) atoms. The van der Waals surface area contributed by atoms with Crippen LogP contribution < -0.4 is 5.32 Å². The maximum absolute atomic E-state index is 13.0. The second-order valence-electron chi connectivity index (χ2n) is 6.06. The summed E-state index contributed by atoms with van der Waals surface area (Å²) in [4.78, 5) is 20.3. The van der Waals surface area contributed by atoms with Crippen LogP contribution in [-0.4, -0.2) is 47.0 Å². The number of piperazine rings is 1. The number of alkyl halides is 3. The topological polar surface area (TPSA) is 48.5 Å². The number of anilines is 1. The van der Waals surface area contributed by atoms with Crippen LogP contribution in [0.2, 0.25) is 0 Å². The highest BCUT2D eigenvalue weighted by Gasteiger charge is 2.34. The van der Waals surface area contributed by atoms with E-state index in [0.29, 0.717) is 32.7 Å². The van der Waals surface area contributed by atoms with Gasteiger partial charge in [0, 0.05) is 38.9 Å². The van der Waals surface area contributed by atoms with Crippen LogP contribution in [0.15, 0.2) is 48.7 Å². The van der Waals surface area contributed by atoms with E-state index in [1.807, 2.05) is 18.2 Å². The molecule has 2 amide bonds. The van der Waals surface area contributed by atoms with Crippen LogP contribution in [-0.2, 0) is 12.7 Å². The van der Waals surface area contributed by atoms with Crippen molar-refractivity contribution in [2.75, 3.05) is 31.5 Å². The first-order chi connectivity index (χ1) is 12.4. The number of urea groups is 1. The van der Waals surface area contributed by atoms with Crippen LogP contribution in [0.1, 0.15) is 11.3 Å². The van der Waals surface area contributed by atoms with E-state index in [-0.39, 0.29) is 5.69 Å². The molecular weight excluding hydrogens is 345 g/mol. The summed E-state index contributed by atoms with van der Waals surface area (Å²) >= 11 is 0. The van der Waals surface area contributed by atoms with Crippen LogP contribution in [0, 0.1) is 0 Å². The van der Waals surface area contributed by atoms with Crippen molar-refractivity contribution < 1.29 is 18.0 Å². The van der Waals surface area contributed by atoms with Crippen LogP contribution in [0.3, 0.4) is 0 Å². The number of amides is 2. The van der Waals surface area contributed by atoms with Gasteiger partial charge in [-0.25, -0.2) is 4.79 Å². The molecule has 1 aliphatic heterocycles. The molecular formula is C18H19F3N4O. The van der Waals surface area contributed by atoms with E-state index < -0.39 is 17.8 Å². The first-order valence-corrected chi connectivity index (χ1v) is 8.28. The van der Waals surface area contributed by atoms with E-state index >= 15 is 0 Å². The molecule has 0 bridgehead atoms. The van der Waals surface area contributed by atoms with Crippen LogP contribution in [0.25, 0.3) is 0 Å². The van der Waals surface area contributed by atoms with Crippen molar-refractivity contribution in [3.8, 4) is 0 Å². The molecule has 1 fully saturated rings. The zero-order chi connectivity index (χ0) is 18.6. The Kier molecular flexibility index (Phi) is 5.41. The fourth-order valence-electron chi connectivity index (χ4n) is 2.86. The molecule has 0 radical (unpaired) electrons. The second kappa shape index (κ2) is 7.74. The largest absolute Gasteiger partial charge is 0.418 e. The minimum absolute atomic E-state index is 0.221. The number of aromatic nitrogens is 1. The maximum atomic E-state index is 13.0. The number of nitrogens with one attached hydrogen (secondary N) is 1. The highest BCUT2D eigenvalue weighted by molar-refractivity contribution is 5.90.